The van der Waals surface area contributed by atoms with E-state index in [-0.39, 0.29) is 16.6 Å². The summed E-state index contributed by atoms with van der Waals surface area (Å²) < 4.78 is 13.2. The first-order valence-corrected chi connectivity index (χ1v) is 8.34. The first-order valence-electron chi connectivity index (χ1n) is 7.08. The minimum atomic E-state index is -0.489. The Hall–Kier alpha value is -1.59. The highest BCUT2D eigenvalue weighted by Crippen LogP contribution is 2.30. The van der Waals surface area contributed by atoms with Crippen molar-refractivity contribution in [1.82, 2.24) is 4.98 Å². The molecule has 3 nitrogen and oxygen atoms in total. The predicted octanol–water partition coefficient (Wildman–Crippen LogP) is 4.99. The van der Waals surface area contributed by atoms with Crippen molar-refractivity contribution in [1.29, 1.82) is 0 Å². The molecule has 6 heteroatoms. The Labute approximate surface area is 143 Å². The van der Waals surface area contributed by atoms with Crippen LogP contribution in [0.3, 0.4) is 0 Å². The molecule has 2 rings (SSSR count). The molecule has 0 saturated heterocycles. The van der Waals surface area contributed by atoms with Crippen LogP contribution in [0.5, 0.6) is 0 Å². The number of ketones is 2. The number of benzene rings is 1. The van der Waals surface area contributed by atoms with E-state index in [1.54, 1.807) is 26.8 Å². The second-order valence-electron chi connectivity index (χ2n) is 5.38. The van der Waals surface area contributed by atoms with Crippen molar-refractivity contribution < 1.29 is 14.0 Å². The van der Waals surface area contributed by atoms with Crippen LogP contribution in [0.25, 0.3) is 0 Å². The van der Waals surface area contributed by atoms with Crippen molar-refractivity contribution in [2.75, 3.05) is 0 Å². The lowest BCUT2D eigenvalue weighted by atomic mass is 10.0. The average Bonchev–Trinajstić information content (AvgIpc) is 2.77. The second kappa shape index (κ2) is 6.89. The summed E-state index contributed by atoms with van der Waals surface area (Å²) in [6.07, 6.45) is 0. The van der Waals surface area contributed by atoms with Crippen LogP contribution in [0.2, 0.25) is 5.02 Å². The van der Waals surface area contributed by atoms with Gasteiger partial charge < -0.3 is 4.98 Å². The maximum Gasteiger partial charge on any atom is 0.192 e. The van der Waals surface area contributed by atoms with Crippen molar-refractivity contribution in [3.63, 3.8) is 0 Å². The Morgan fingerprint density at radius 2 is 1.96 bits per heavy atom. The van der Waals surface area contributed by atoms with E-state index < -0.39 is 11.1 Å². The number of hydrogen-bond donors (Lipinski definition) is 1. The quantitative estimate of drug-likeness (QED) is 0.608. The fraction of sp³-hybridized carbons (Fsp3) is 0.294. The molecule has 0 saturated carbocycles. The summed E-state index contributed by atoms with van der Waals surface area (Å²) in [6, 6.07) is 4.36. The van der Waals surface area contributed by atoms with E-state index in [4.69, 9.17) is 11.6 Å². The topological polar surface area (TPSA) is 49.9 Å². The Bertz CT molecular complexity index is 785. The molecule has 0 radical (unpaired) electrons. The summed E-state index contributed by atoms with van der Waals surface area (Å²) in [5.74, 6) is -0.665. The molecule has 1 N–H and O–H groups in total. The molecule has 0 aliphatic carbocycles. The zero-order valence-electron chi connectivity index (χ0n) is 13.3. The molecule has 1 unspecified atom stereocenters. The highest BCUT2D eigenvalue weighted by molar-refractivity contribution is 8.00. The van der Waals surface area contributed by atoms with Crippen LogP contribution < -0.4 is 0 Å². The number of aromatic nitrogens is 1. The maximum absolute atomic E-state index is 13.2. The van der Waals surface area contributed by atoms with Crippen LogP contribution in [-0.4, -0.2) is 21.8 Å². The fourth-order valence-corrected chi connectivity index (χ4v) is 3.75. The van der Waals surface area contributed by atoms with Gasteiger partial charge in [-0.1, -0.05) is 11.6 Å². The first kappa shape index (κ1) is 17.8. The Morgan fingerprint density at radius 1 is 1.30 bits per heavy atom. The molecule has 0 fully saturated rings. The van der Waals surface area contributed by atoms with E-state index >= 15 is 0 Å². The summed E-state index contributed by atoms with van der Waals surface area (Å²) in [5.41, 5.74) is 2.38. The second-order valence-corrected chi connectivity index (χ2v) is 7.20. The van der Waals surface area contributed by atoms with E-state index in [1.807, 2.05) is 0 Å². The number of rotatable bonds is 5. The van der Waals surface area contributed by atoms with Crippen LogP contribution in [0.15, 0.2) is 23.1 Å². The number of nitrogens with one attached hydrogen (secondary N) is 1. The zero-order valence-corrected chi connectivity index (χ0v) is 14.9. The lowest BCUT2D eigenvalue weighted by Gasteiger charge is -2.10. The highest BCUT2D eigenvalue weighted by Gasteiger charge is 2.24. The third-order valence-electron chi connectivity index (χ3n) is 3.61. The van der Waals surface area contributed by atoms with Gasteiger partial charge in [-0.25, -0.2) is 4.39 Å². The predicted molar refractivity (Wildman–Crippen MR) is 91.3 cm³/mol. The van der Waals surface area contributed by atoms with Gasteiger partial charge in [-0.3, -0.25) is 9.59 Å². The van der Waals surface area contributed by atoms with Crippen LogP contribution in [0.1, 0.15) is 46.0 Å². The van der Waals surface area contributed by atoms with Gasteiger partial charge in [0.05, 0.1) is 16.0 Å². The number of hydrogen-bond acceptors (Lipinski definition) is 3. The standard InChI is InChI=1S/C17H17ClFNO2S/c1-8-15(10(3)21)9(2)20-16(8)17(22)11(4)23-12-5-6-14(19)13(18)7-12/h5-7,11,20H,1-4H3. The van der Waals surface area contributed by atoms with Crippen molar-refractivity contribution in [2.24, 2.45) is 0 Å². The smallest absolute Gasteiger partial charge is 0.192 e. The molecule has 0 spiro atoms. The Balaban J connectivity index is 2.24. The largest absolute Gasteiger partial charge is 0.355 e. The van der Waals surface area contributed by atoms with E-state index in [0.717, 1.165) is 0 Å². The van der Waals surface area contributed by atoms with Gasteiger partial charge in [0.1, 0.15) is 5.82 Å². The van der Waals surface area contributed by atoms with Gasteiger partial charge in [-0.05, 0) is 51.5 Å². The zero-order chi connectivity index (χ0) is 17.3. The normalized spacial score (nSPS) is 12.3. The molecular weight excluding hydrogens is 337 g/mol. The lowest BCUT2D eigenvalue weighted by Crippen LogP contribution is -2.15. The maximum atomic E-state index is 13.2. The molecule has 0 bridgehead atoms. The van der Waals surface area contributed by atoms with Crippen molar-refractivity contribution >= 4 is 34.9 Å². The molecule has 1 atom stereocenters. The molecule has 0 aliphatic rings. The van der Waals surface area contributed by atoms with Gasteiger partial charge in [0.2, 0.25) is 0 Å². The molecule has 1 aromatic heterocycles. The Morgan fingerprint density at radius 3 is 2.48 bits per heavy atom. The molecule has 0 aliphatic heterocycles. The number of aromatic amines is 1. The first-order chi connectivity index (χ1) is 10.7. The number of carbonyl (C=O) groups excluding carboxylic acids is 2. The van der Waals surface area contributed by atoms with E-state index in [2.05, 4.69) is 4.98 Å². The molecule has 0 amide bonds. The number of thioether (sulfide) groups is 1. The molecule has 1 aromatic carbocycles. The van der Waals surface area contributed by atoms with Gasteiger partial charge in [0.15, 0.2) is 11.6 Å². The van der Waals surface area contributed by atoms with Crippen molar-refractivity contribution in [3.8, 4) is 0 Å². The van der Waals surface area contributed by atoms with E-state index in [1.165, 1.54) is 30.8 Å². The van der Waals surface area contributed by atoms with Gasteiger partial charge in [-0.15, -0.1) is 11.8 Å². The van der Waals surface area contributed by atoms with Crippen LogP contribution in [0.4, 0.5) is 4.39 Å². The van der Waals surface area contributed by atoms with Gasteiger partial charge in [0.25, 0.3) is 0 Å². The summed E-state index contributed by atoms with van der Waals surface area (Å²) in [7, 11) is 0. The lowest BCUT2D eigenvalue weighted by molar-refractivity contribution is 0.0988. The monoisotopic (exact) mass is 353 g/mol. The van der Waals surface area contributed by atoms with Crippen LogP contribution >= 0.6 is 23.4 Å². The van der Waals surface area contributed by atoms with Crippen LogP contribution in [-0.2, 0) is 0 Å². The van der Waals surface area contributed by atoms with Crippen LogP contribution in [0, 0.1) is 19.7 Å². The fourth-order valence-electron chi connectivity index (χ4n) is 2.54. The third kappa shape index (κ3) is 3.67. The molecular formula is C17H17ClFNO2S. The SMILES string of the molecule is CC(=O)c1c(C)[nH]c(C(=O)C(C)Sc2ccc(F)c(Cl)c2)c1C. The number of halogens is 2. The molecule has 2 aromatic rings. The number of carbonyl (C=O) groups is 2. The van der Waals surface area contributed by atoms with Gasteiger partial charge >= 0.3 is 0 Å². The third-order valence-corrected chi connectivity index (χ3v) is 4.99. The Kier molecular flexibility index (Phi) is 5.32. The average molecular weight is 354 g/mol. The van der Waals surface area contributed by atoms with E-state index in [0.29, 0.717) is 27.4 Å². The van der Waals surface area contributed by atoms with Crippen molar-refractivity contribution in [2.45, 2.75) is 37.8 Å². The number of aryl methyl sites for hydroxylation is 1. The summed E-state index contributed by atoms with van der Waals surface area (Å²) in [4.78, 5) is 28.0. The molecule has 23 heavy (non-hydrogen) atoms. The minimum Gasteiger partial charge on any atom is -0.355 e. The summed E-state index contributed by atoms with van der Waals surface area (Å²) >= 11 is 7.06. The summed E-state index contributed by atoms with van der Waals surface area (Å²) in [6.45, 7) is 6.79. The molecule has 122 valence electrons. The van der Waals surface area contributed by atoms with Gasteiger partial charge in [0, 0.05) is 16.2 Å². The summed E-state index contributed by atoms with van der Waals surface area (Å²) in [5, 5.41) is -0.367. The number of Topliss-reactive ketones (excluding diaryl/α,β-unsaturated/α-hetero) is 2. The highest BCUT2D eigenvalue weighted by atomic mass is 35.5. The molecule has 1 heterocycles. The van der Waals surface area contributed by atoms with Gasteiger partial charge in [-0.2, -0.15) is 0 Å². The minimum absolute atomic E-state index is 0.0282. The number of H-pyrrole nitrogens is 1. The van der Waals surface area contributed by atoms with Crippen molar-refractivity contribution in [3.05, 3.63) is 51.6 Å². The van der Waals surface area contributed by atoms with E-state index in [9.17, 15) is 14.0 Å².